The molecule has 1 aliphatic rings. The monoisotopic (exact) mass is 288 g/mol. The molecule has 1 atom stereocenters. The van der Waals surface area contributed by atoms with E-state index in [0.717, 1.165) is 5.56 Å². The van der Waals surface area contributed by atoms with Crippen molar-refractivity contribution in [3.8, 4) is 0 Å². The van der Waals surface area contributed by atoms with Crippen molar-refractivity contribution < 1.29 is 19.1 Å². The number of ether oxygens (including phenoxy) is 2. The summed E-state index contributed by atoms with van der Waals surface area (Å²) in [6.45, 7) is 0.574. The van der Waals surface area contributed by atoms with E-state index >= 15 is 0 Å². The molecule has 0 aromatic heterocycles. The highest BCUT2D eigenvalue weighted by atomic mass is 16.5. The van der Waals surface area contributed by atoms with E-state index < -0.39 is 0 Å². The first-order valence-corrected chi connectivity index (χ1v) is 7.29. The van der Waals surface area contributed by atoms with Gasteiger partial charge in [-0.1, -0.05) is 42.5 Å². The second kappa shape index (κ2) is 8.25. The van der Waals surface area contributed by atoms with E-state index in [1.54, 1.807) is 0 Å². The largest absolute Gasteiger partial charge is 0.466 e. The number of hydrogen-bond acceptors (Lipinski definition) is 4. The maximum atomic E-state index is 12.2. The molecule has 1 heterocycles. The molecule has 0 N–H and O–H groups in total. The van der Waals surface area contributed by atoms with Gasteiger partial charge in [-0.25, -0.2) is 0 Å². The van der Waals surface area contributed by atoms with Crippen LogP contribution in [0.5, 0.6) is 0 Å². The Bertz CT molecular complexity index is 493. The maximum absolute atomic E-state index is 12.2. The summed E-state index contributed by atoms with van der Waals surface area (Å²) in [5, 5.41) is 0. The van der Waals surface area contributed by atoms with E-state index in [1.165, 1.54) is 0 Å². The van der Waals surface area contributed by atoms with E-state index in [-0.39, 0.29) is 24.5 Å². The summed E-state index contributed by atoms with van der Waals surface area (Å²) in [5.74, 6) is -0.721. The standard InChI is InChI=1S/C17H20O4/c18-16-11-6-2-5-10-15(14-8-3-1-4-9-14)17(19)21-13-7-12-20-16/h1-5,8-9,15H,6-7,10-13H2/b5-2+. The van der Waals surface area contributed by atoms with Crippen molar-refractivity contribution in [2.75, 3.05) is 13.2 Å². The van der Waals surface area contributed by atoms with Gasteiger partial charge < -0.3 is 9.47 Å². The molecular formula is C17H20O4. The molecule has 0 radical (unpaired) electrons. The van der Waals surface area contributed by atoms with Gasteiger partial charge in [-0.3, -0.25) is 9.59 Å². The minimum atomic E-state index is -0.292. The van der Waals surface area contributed by atoms with E-state index in [9.17, 15) is 9.59 Å². The fraction of sp³-hybridized carbons (Fsp3) is 0.412. The minimum Gasteiger partial charge on any atom is -0.466 e. The molecule has 0 bridgehead atoms. The zero-order valence-corrected chi connectivity index (χ0v) is 12.0. The van der Waals surface area contributed by atoms with Crippen molar-refractivity contribution in [1.82, 2.24) is 0 Å². The summed E-state index contributed by atoms with van der Waals surface area (Å²) in [5.41, 5.74) is 0.953. The Kier molecular flexibility index (Phi) is 6.00. The van der Waals surface area contributed by atoms with Gasteiger partial charge >= 0.3 is 11.9 Å². The van der Waals surface area contributed by atoms with Crippen LogP contribution in [0.1, 0.15) is 37.2 Å². The molecule has 1 unspecified atom stereocenters. The lowest BCUT2D eigenvalue weighted by Crippen LogP contribution is -2.17. The molecule has 0 spiro atoms. The SMILES string of the molecule is O=C1CC/C=C/CC(c2ccccc2)C(=O)OCCCO1. The first-order valence-electron chi connectivity index (χ1n) is 7.29. The van der Waals surface area contributed by atoms with Crippen LogP contribution in [-0.4, -0.2) is 25.2 Å². The molecule has 0 saturated carbocycles. The number of cyclic esters (lactones) is 2. The van der Waals surface area contributed by atoms with Gasteiger partial charge in [0.1, 0.15) is 0 Å². The van der Waals surface area contributed by atoms with Gasteiger partial charge in [0.15, 0.2) is 0 Å². The molecule has 0 fully saturated rings. The van der Waals surface area contributed by atoms with Crippen LogP contribution < -0.4 is 0 Å². The number of benzene rings is 1. The van der Waals surface area contributed by atoms with Crippen molar-refractivity contribution in [3.63, 3.8) is 0 Å². The smallest absolute Gasteiger partial charge is 0.313 e. The molecule has 1 aliphatic heterocycles. The Morgan fingerprint density at radius 2 is 1.71 bits per heavy atom. The summed E-state index contributed by atoms with van der Waals surface area (Å²) >= 11 is 0. The van der Waals surface area contributed by atoms with Gasteiger partial charge in [0.25, 0.3) is 0 Å². The highest BCUT2D eigenvalue weighted by Crippen LogP contribution is 2.22. The van der Waals surface area contributed by atoms with Crippen molar-refractivity contribution >= 4 is 11.9 Å². The van der Waals surface area contributed by atoms with Crippen LogP contribution in [0.15, 0.2) is 42.5 Å². The molecule has 4 nitrogen and oxygen atoms in total. The van der Waals surface area contributed by atoms with E-state index in [0.29, 0.717) is 32.3 Å². The van der Waals surface area contributed by atoms with Crippen LogP contribution in [-0.2, 0) is 19.1 Å². The summed E-state index contributed by atoms with van der Waals surface area (Å²) < 4.78 is 10.3. The van der Waals surface area contributed by atoms with Crippen LogP contribution in [0.3, 0.4) is 0 Å². The first-order chi connectivity index (χ1) is 10.3. The van der Waals surface area contributed by atoms with Crippen molar-refractivity contribution in [1.29, 1.82) is 0 Å². The molecule has 1 aromatic rings. The topological polar surface area (TPSA) is 52.6 Å². The van der Waals surface area contributed by atoms with E-state index in [4.69, 9.17) is 9.47 Å². The van der Waals surface area contributed by atoms with Crippen molar-refractivity contribution in [3.05, 3.63) is 48.0 Å². The van der Waals surface area contributed by atoms with Crippen LogP contribution >= 0.6 is 0 Å². The number of carbonyl (C=O) groups is 2. The number of esters is 2. The van der Waals surface area contributed by atoms with Crippen LogP contribution in [0.2, 0.25) is 0 Å². The molecule has 0 amide bonds. The lowest BCUT2D eigenvalue weighted by atomic mass is 9.95. The summed E-state index contributed by atoms with van der Waals surface area (Å²) in [6, 6.07) is 9.63. The normalized spacial score (nSPS) is 23.0. The number of allylic oxidation sites excluding steroid dienone is 2. The zero-order chi connectivity index (χ0) is 14.9. The summed E-state index contributed by atoms with van der Waals surface area (Å²) in [4.78, 5) is 23.6. The molecule has 0 aliphatic carbocycles. The Morgan fingerprint density at radius 3 is 2.52 bits per heavy atom. The second-order valence-electron chi connectivity index (χ2n) is 4.95. The number of rotatable bonds is 1. The highest BCUT2D eigenvalue weighted by Gasteiger charge is 2.20. The van der Waals surface area contributed by atoms with Crippen molar-refractivity contribution in [2.45, 2.75) is 31.6 Å². The lowest BCUT2D eigenvalue weighted by molar-refractivity contribution is -0.147. The van der Waals surface area contributed by atoms with Crippen LogP contribution in [0.4, 0.5) is 0 Å². The Labute approximate surface area is 124 Å². The van der Waals surface area contributed by atoms with Gasteiger partial charge in [0.2, 0.25) is 0 Å². The lowest BCUT2D eigenvalue weighted by Gasteiger charge is -2.14. The predicted octanol–water partition coefficient (Wildman–Crippen LogP) is 2.99. The van der Waals surface area contributed by atoms with Gasteiger partial charge in [0.05, 0.1) is 19.1 Å². The number of carbonyl (C=O) groups excluding carboxylic acids is 2. The number of hydrogen-bond donors (Lipinski definition) is 0. The average molecular weight is 288 g/mol. The van der Waals surface area contributed by atoms with Crippen LogP contribution in [0, 0.1) is 0 Å². The quantitative estimate of drug-likeness (QED) is 0.589. The second-order valence-corrected chi connectivity index (χ2v) is 4.95. The van der Waals surface area contributed by atoms with Gasteiger partial charge in [-0.15, -0.1) is 0 Å². The summed E-state index contributed by atoms with van der Waals surface area (Å²) in [6.07, 6.45) is 5.98. The Morgan fingerprint density at radius 1 is 0.952 bits per heavy atom. The Hall–Kier alpha value is -2.10. The van der Waals surface area contributed by atoms with Crippen molar-refractivity contribution in [2.24, 2.45) is 0 Å². The third-order valence-corrected chi connectivity index (χ3v) is 3.34. The molecular weight excluding hydrogens is 268 g/mol. The van der Waals surface area contributed by atoms with Gasteiger partial charge in [0, 0.05) is 12.8 Å². The maximum Gasteiger partial charge on any atom is 0.313 e. The third kappa shape index (κ3) is 5.06. The van der Waals surface area contributed by atoms with Gasteiger partial charge in [-0.2, -0.15) is 0 Å². The minimum absolute atomic E-state index is 0.204. The molecule has 4 heteroatoms. The predicted molar refractivity (Wildman–Crippen MR) is 78.7 cm³/mol. The third-order valence-electron chi connectivity index (χ3n) is 3.34. The molecule has 2 rings (SSSR count). The molecule has 1 aromatic carbocycles. The average Bonchev–Trinajstić information content (AvgIpc) is 2.52. The molecule has 112 valence electrons. The molecule has 0 saturated heterocycles. The highest BCUT2D eigenvalue weighted by molar-refractivity contribution is 5.78. The first kappa shape index (κ1) is 15.3. The fourth-order valence-corrected chi connectivity index (χ4v) is 2.20. The van der Waals surface area contributed by atoms with Gasteiger partial charge in [-0.05, 0) is 18.4 Å². The summed E-state index contributed by atoms with van der Waals surface area (Å²) in [7, 11) is 0. The molecule has 21 heavy (non-hydrogen) atoms. The van der Waals surface area contributed by atoms with E-state index in [1.807, 2.05) is 42.5 Å². The van der Waals surface area contributed by atoms with E-state index in [2.05, 4.69) is 0 Å². The zero-order valence-electron chi connectivity index (χ0n) is 12.0. The fourth-order valence-electron chi connectivity index (χ4n) is 2.20. The van der Waals surface area contributed by atoms with Crippen LogP contribution in [0.25, 0.3) is 0 Å². The Balaban J connectivity index is 2.07.